The van der Waals surface area contributed by atoms with Gasteiger partial charge in [0.15, 0.2) is 0 Å². The topological polar surface area (TPSA) is 62.7 Å². The first-order valence-electron chi connectivity index (χ1n) is 6.13. The number of aromatic nitrogens is 3. The van der Waals surface area contributed by atoms with Gasteiger partial charge in [-0.15, -0.1) is 0 Å². The van der Waals surface area contributed by atoms with Gasteiger partial charge in [0.1, 0.15) is 5.82 Å². The van der Waals surface area contributed by atoms with Crippen molar-refractivity contribution in [1.82, 2.24) is 19.9 Å². The van der Waals surface area contributed by atoms with Gasteiger partial charge in [-0.2, -0.15) is 0 Å². The van der Waals surface area contributed by atoms with Crippen LogP contribution >= 0.6 is 0 Å². The van der Waals surface area contributed by atoms with Crippen molar-refractivity contribution in [1.29, 1.82) is 0 Å². The van der Waals surface area contributed by atoms with Crippen LogP contribution in [-0.4, -0.2) is 21.6 Å². The smallest absolute Gasteiger partial charge is 0.247 e. The molecule has 0 aliphatic carbocycles. The van der Waals surface area contributed by atoms with E-state index in [4.69, 9.17) is 0 Å². The minimum atomic E-state index is -0.0921. The molecule has 0 saturated heterocycles. The van der Waals surface area contributed by atoms with Gasteiger partial charge in [-0.3, -0.25) is 4.79 Å². The summed E-state index contributed by atoms with van der Waals surface area (Å²) in [6, 6.07) is 3.35. The van der Waals surface area contributed by atoms with Crippen LogP contribution in [0.4, 0.5) is 0 Å². The Labute approximate surface area is 106 Å². The van der Waals surface area contributed by atoms with Crippen LogP contribution < -0.4 is 10.9 Å². The Hall–Kier alpha value is -1.88. The summed E-state index contributed by atoms with van der Waals surface area (Å²) in [5, 5.41) is 3.23. The van der Waals surface area contributed by atoms with E-state index in [1.807, 2.05) is 19.3 Å². The average Bonchev–Trinajstić information content (AvgIpc) is 2.82. The minimum absolute atomic E-state index is 0.0107. The molecule has 0 bridgehead atoms. The molecule has 5 heteroatoms. The number of hydrogen-bond donors (Lipinski definition) is 2. The molecule has 0 spiro atoms. The zero-order valence-corrected chi connectivity index (χ0v) is 10.7. The van der Waals surface area contributed by atoms with E-state index < -0.39 is 0 Å². The van der Waals surface area contributed by atoms with Crippen LogP contribution in [0.1, 0.15) is 30.8 Å². The molecule has 1 unspecified atom stereocenters. The second kappa shape index (κ2) is 5.64. The molecule has 0 amide bonds. The Balaban J connectivity index is 2.35. The van der Waals surface area contributed by atoms with Crippen molar-refractivity contribution in [2.24, 2.45) is 0 Å². The summed E-state index contributed by atoms with van der Waals surface area (Å²) in [6.45, 7) is 3.08. The maximum Gasteiger partial charge on any atom is 0.247 e. The van der Waals surface area contributed by atoms with E-state index >= 15 is 0 Å². The molecular weight excluding hydrogens is 228 g/mol. The Morgan fingerprint density at radius 1 is 1.50 bits per heavy atom. The molecule has 0 aliphatic rings. The highest BCUT2D eigenvalue weighted by atomic mass is 16.1. The largest absolute Gasteiger partial charge is 0.333 e. The third-order valence-corrected chi connectivity index (χ3v) is 2.90. The van der Waals surface area contributed by atoms with Crippen LogP contribution in [0.3, 0.4) is 0 Å². The second-order valence-electron chi connectivity index (χ2n) is 4.19. The molecule has 96 valence electrons. The first-order valence-corrected chi connectivity index (χ1v) is 6.13. The quantitative estimate of drug-likeness (QED) is 0.835. The third-order valence-electron chi connectivity index (χ3n) is 2.90. The van der Waals surface area contributed by atoms with Crippen molar-refractivity contribution in [3.8, 4) is 0 Å². The molecule has 0 aromatic carbocycles. The number of rotatable bonds is 5. The lowest BCUT2D eigenvalue weighted by molar-refractivity contribution is 0.567. The zero-order valence-electron chi connectivity index (χ0n) is 10.7. The van der Waals surface area contributed by atoms with E-state index in [0.717, 1.165) is 24.4 Å². The number of H-pyrrole nitrogens is 1. The molecule has 5 nitrogen and oxygen atoms in total. The fourth-order valence-electron chi connectivity index (χ4n) is 2.06. The van der Waals surface area contributed by atoms with Gasteiger partial charge in [0.2, 0.25) is 5.56 Å². The Morgan fingerprint density at radius 2 is 2.33 bits per heavy atom. The number of aromatic amines is 1. The van der Waals surface area contributed by atoms with Gasteiger partial charge in [-0.05, 0) is 19.0 Å². The SMILES string of the molecule is CCCn1ccnc1C(NC)c1ccc(=O)[nH]c1. The van der Waals surface area contributed by atoms with E-state index in [1.165, 1.54) is 6.07 Å². The predicted molar refractivity (Wildman–Crippen MR) is 70.5 cm³/mol. The Bertz CT molecular complexity index is 538. The fraction of sp³-hybridized carbons (Fsp3) is 0.385. The number of nitrogens with one attached hydrogen (secondary N) is 2. The molecule has 18 heavy (non-hydrogen) atoms. The molecule has 0 aliphatic heterocycles. The molecule has 1 atom stereocenters. The minimum Gasteiger partial charge on any atom is -0.333 e. The lowest BCUT2D eigenvalue weighted by atomic mass is 10.1. The fourth-order valence-corrected chi connectivity index (χ4v) is 2.06. The second-order valence-corrected chi connectivity index (χ2v) is 4.19. The molecule has 2 aromatic rings. The van der Waals surface area contributed by atoms with Crippen LogP contribution in [0.2, 0.25) is 0 Å². The van der Waals surface area contributed by atoms with E-state index in [1.54, 1.807) is 12.4 Å². The summed E-state index contributed by atoms with van der Waals surface area (Å²) in [5.74, 6) is 0.964. The van der Waals surface area contributed by atoms with E-state index in [2.05, 4.69) is 26.8 Å². The van der Waals surface area contributed by atoms with Gasteiger partial charge in [-0.1, -0.05) is 13.0 Å². The van der Waals surface area contributed by atoms with Gasteiger partial charge >= 0.3 is 0 Å². The van der Waals surface area contributed by atoms with Crippen LogP contribution in [-0.2, 0) is 6.54 Å². The highest BCUT2D eigenvalue weighted by Gasteiger charge is 2.17. The summed E-state index contributed by atoms with van der Waals surface area (Å²) in [7, 11) is 1.89. The monoisotopic (exact) mass is 246 g/mol. The van der Waals surface area contributed by atoms with Gasteiger partial charge in [-0.25, -0.2) is 4.98 Å². The first kappa shape index (κ1) is 12.6. The van der Waals surface area contributed by atoms with E-state index in [-0.39, 0.29) is 11.6 Å². The summed E-state index contributed by atoms with van der Waals surface area (Å²) in [6.07, 6.45) is 6.58. The van der Waals surface area contributed by atoms with Crippen LogP contribution in [0, 0.1) is 0 Å². The Kier molecular flexibility index (Phi) is 3.94. The molecule has 0 radical (unpaired) electrons. The molecular formula is C13H18N4O. The average molecular weight is 246 g/mol. The van der Waals surface area contributed by atoms with Crippen molar-refractivity contribution in [2.45, 2.75) is 25.9 Å². The van der Waals surface area contributed by atoms with Crippen molar-refractivity contribution >= 4 is 0 Å². The summed E-state index contributed by atoms with van der Waals surface area (Å²) in [4.78, 5) is 18.2. The normalized spacial score (nSPS) is 12.6. The van der Waals surface area contributed by atoms with Crippen LogP contribution in [0.25, 0.3) is 0 Å². The standard InChI is InChI=1S/C13H18N4O/c1-3-7-17-8-6-15-13(17)12(14-2)10-4-5-11(18)16-9-10/h4-6,8-9,12,14H,3,7H2,1-2H3,(H,16,18). The lowest BCUT2D eigenvalue weighted by Crippen LogP contribution is -2.23. The van der Waals surface area contributed by atoms with E-state index in [0.29, 0.717) is 0 Å². The highest BCUT2D eigenvalue weighted by molar-refractivity contribution is 5.22. The molecule has 2 aromatic heterocycles. The number of pyridine rings is 1. The maximum atomic E-state index is 11.1. The number of hydrogen-bond acceptors (Lipinski definition) is 3. The summed E-state index contributed by atoms with van der Waals surface area (Å²) >= 11 is 0. The third kappa shape index (κ3) is 2.51. The zero-order chi connectivity index (χ0) is 13.0. The summed E-state index contributed by atoms with van der Waals surface area (Å²) in [5.41, 5.74) is 0.908. The van der Waals surface area contributed by atoms with E-state index in [9.17, 15) is 4.79 Å². The van der Waals surface area contributed by atoms with Crippen LogP contribution in [0.15, 0.2) is 35.5 Å². The summed E-state index contributed by atoms with van der Waals surface area (Å²) < 4.78 is 2.13. The molecule has 0 saturated carbocycles. The highest BCUT2D eigenvalue weighted by Crippen LogP contribution is 2.19. The number of nitrogens with zero attached hydrogens (tertiary/aromatic N) is 2. The lowest BCUT2D eigenvalue weighted by Gasteiger charge is -2.17. The molecule has 2 heterocycles. The molecule has 2 rings (SSSR count). The van der Waals surface area contributed by atoms with Gasteiger partial charge in [0.05, 0.1) is 6.04 Å². The van der Waals surface area contributed by atoms with Crippen LogP contribution in [0.5, 0.6) is 0 Å². The van der Waals surface area contributed by atoms with Gasteiger partial charge in [0.25, 0.3) is 0 Å². The molecule has 2 N–H and O–H groups in total. The predicted octanol–water partition coefficient (Wildman–Crippen LogP) is 1.29. The Morgan fingerprint density at radius 3 is 2.94 bits per heavy atom. The van der Waals surface area contributed by atoms with Crippen molar-refractivity contribution in [3.63, 3.8) is 0 Å². The van der Waals surface area contributed by atoms with Gasteiger partial charge in [0, 0.05) is 31.2 Å². The van der Waals surface area contributed by atoms with Crippen molar-refractivity contribution < 1.29 is 0 Å². The first-order chi connectivity index (χ1) is 8.76. The van der Waals surface area contributed by atoms with Crippen molar-refractivity contribution in [3.05, 3.63) is 52.5 Å². The number of aryl methyl sites for hydroxylation is 1. The van der Waals surface area contributed by atoms with Gasteiger partial charge < -0.3 is 14.9 Å². The maximum absolute atomic E-state index is 11.1. The van der Waals surface area contributed by atoms with Crippen molar-refractivity contribution in [2.75, 3.05) is 7.05 Å². The number of imidazole rings is 1. The molecule has 0 fully saturated rings.